The molecular formula is C14H28N2OS. The van der Waals surface area contributed by atoms with Gasteiger partial charge in [-0.25, -0.2) is 0 Å². The molecule has 106 valence electrons. The Morgan fingerprint density at radius 1 is 1.33 bits per heavy atom. The van der Waals surface area contributed by atoms with Gasteiger partial charge in [0.05, 0.1) is 6.04 Å². The van der Waals surface area contributed by atoms with E-state index in [1.807, 2.05) is 32.5 Å². The van der Waals surface area contributed by atoms with Crippen LogP contribution in [-0.2, 0) is 4.79 Å². The molecule has 1 aliphatic carbocycles. The molecule has 0 aromatic carbocycles. The van der Waals surface area contributed by atoms with Crippen molar-refractivity contribution in [3.05, 3.63) is 0 Å². The standard InChI is InChI=1S/C14H28N2OS/c1-13(2,3)11(15)12(17)16-10-14(18-4)8-6-5-7-9-14/h11H,5-10,15H2,1-4H3,(H,16,17). The molecule has 1 amide bonds. The highest BCUT2D eigenvalue weighted by Crippen LogP contribution is 2.38. The van der Waals surface area contributed by atoms with Gasteiger partial charge in [-0.05, 0) is 24.5 Å². The summed E-state index contributed by atoms with van der Waals surface area (Å²) in [6.07, 6.45) is 8.46. The van der Waals surface area contributed by atoms with E-state index in [9.17, 15) is 4.79 Å². The second kappa shape index (κ2) is 6.29. The lowest BCUT2D eigenvalue weighted by atomic mass is 9.86. The van der Waals surface area contributed by atoms with Gasteiger partial charge in [0.2, 0.25) is 5.91 Å². The van der Waals surface area contributed by atoms with E-state index >= 15 is 0 Å². The monoisotopic (exact) mass is 272 g/mol. The summed E-state index contributed by atoms with van der Waals surface area (Å²) in [4.78, 5) is 12.0. The van der Waals surface area contributed by atoms with Crippen molar-refractivity contribution in [3.63, 3.8) is 0 Å². The zero-order valence-electron chi connectivity index (χ0n) is 12.2. The Bertz CT molecular complexity index is 280. The second-order valence-corrected chi connectivity index (χ2v) is 7.78. The Morgan fingerprint density at radius 3 is 2.33 bits per heavy atom. The van der Waals surface area contributed by atoms with Crippen molar-refractivity contribution in [2.24, 2.45) is 11.1 Å². The van der Waals surface area contributed by atoms with E-state index in [-0.39, 0.29) is 16.1 Å². The first-order chi connectivity index (χ1) is 8.31. The number of rotatable bonds is 4. The normalized spacial score (nSPS) is 21.4. The lowest BCUT2D eigenvalue weighted by molar-refractivity contribution is -0.124. The molecular weight excluding hydrogens is 244 g/mol. The van der Waals surface area contributed by atoms with Gasteiger partial charge >= 0.3 is 0 Å². The van der Waals surface area contributed by atoms with Crippen LogP contribution in [0.3, 0.4) is 0 Å². The molecule has 1 saturated carbocycles. The third-order valence-corrected chi connectivity index (χ3v) is 5.42. The van der Waals surface area contributed by atoms with Gasteiger partial charge in [-0.2, -0.15) is 11.8 Å². The number of nitrogens with two attached hydrogens (primary N) is 1. The lowest BCUT2D eigenvalue weighted by Gasteiger charge is -2.36. The van der Waals surface area contributed by atoms with Gasteiger partial charge in [0.15, 0.2) is 0 Å². The number of amides is 1. The van der Waals surface area contributed by atoms with E-state index < -0.39 is 6.04 Å². The molecule has 1 fully saturated rings. The largest absolute Gasteiger partial charge is 0.353 e. The number of nitrogens with one attached hydrogen (secondary N) is 1. The summed E-state index contributed by atoms with van der Waals surface area (Å²) in [7, 11) is 0. The van der Waals surface area contributed by atoms with Crippen LogP contribution in [-0.4, -0.2) is 29.5 Å². The molecule has 0 aromatic rings. The van der Waals surface area contributed by atoms with Crippen LogP contribution in [0, 0.1) is 5.41 Å². The zero-order valence-corrected chi connectivity index (χ0v) is 13.0. The molecule has 3 N–H and O–H groups in total. The quantitative estimate of drug-likeness (QED) is 0.827. The van der Waals surface area contributed by atoms with Crippen LogP contribution in [0.4, 0.5) is 0 Å². The van der Waals surface area contributed by atoms with Crippen molar-refractivity contribution in [3.8, 4) is 0 Å². The highest BCUT2D eigenvalue weighted by Gasteiger charge is 2.33. The predicted octanol–water partition coefficient (Wildman–Crippen LogP) is 2.54. The molecule has 0 aromatic heterocycles. The summed E-state index contributed by atoms with van der Waals surface area (Å²) < 4.78 is 0.242. The summed E-state index contributed by atoms with van der Waals surface area (Å²) >= 11 is 1.90. The molecule has 1 aliphatic rings. The van der Waals surface area contributed by atoms with Crippen LogP contribution in [0.25, 0.3) is 0 Å². The van der Waals surface area contributed by atoms with E-state index in [0.717, 1.165) is 6.54 Å². The van der Waals surface area contributed by atoms with Crippen molar-refractivity contribution in [2.45, 2.75) is 63.7 Å². The summed E-state index contributed by atoms with van der Waals surface area (Å²) in [6, 6.07) is -0.431. The fraction of sp³-hybridized carbons (Fsp3) is 0.929. The Labute approximate surface area is 116 Å². The molecule has 1 unspecified atom stereocenters. The van der Waals surface area contributed by atoms with E-state index in [4.69, 9.17) is 5.73 Å². The topological polar surface area (TPSA) is 55.1 Å². The van der Waals surface area contributed by atoms with Gasteiger partial charge in [-0.3, -0.25) is 4.79 Å². The first-order valence-corrected chi connectivity index (χ1v) is 8.12. The van der Waals surface area contributed by atoms with Gasteiger partial charge in [0.25, 0.3) is 0 Å². The maximum atomic E-state index is 12.0. The number of carbonyl (C=O) groups excluding carboxylic acids is 1. The second-order valence-electron chi connectivity index (χ2n) is 6.51. The minimum atomic E-state index is -0.431. The van der Waals surface area contributed by atoms with E-state index in [2.05, 4.69) is 11.6 Å². The molecule has 1 atom stereocenters. The molecule has 0 radical (unpaired) electrons. The maximum absolute atomic E-state index is 12.0. The molecule has 0 aliphatic heterocycles. The fourth-order valence-electron chi connectivity index (χ4n) is 2.40. The molecule has 0 heterocycles. The summed E-state index contributed by atoms with van der Waals surface area (Å²) in [5.74, 6) is -0.0125. The molecule has 18 heavy (non-hydrogen) atoms. The highest BCUT2D eigenvalue weighted by molar-refractivity contribution is 8.00. The molecule has 1 rings (SSSR count). The molecule has 4 heteroatoms. The average Bonchev–Trinajstić information content (AvgIpc) is 2.35. The Kier molecular flexibility index (Phi) is 5.53. The van der Waals surface area contributed by atoms with Crippen LogP contribution in [0.1, 0.15) is 52.9 Å². The van der Waals surface area contributed by atoms with Crippen molar-refractivity contribution in [2.75, 3.05) is 12.8 Å². The van der Waals surface area contributed by atoms with Gasteiger partial charge in [-0.15, -0.1) is 0 Å². The Balaban J connectivity index is 2.50. The summed E-state index contributed by atoms with van der Waals surface area (Å²) in [5.41, 5.74) is 5.80. The molecule has 0 spiro atoms. The number of thioether (sulfide) groups is 1. The van der Waals surface area contributed by atoms with Crippen LogP contribution < -0.4 is 11.1 Å². The van der Waals surface area contributed by atoms with Gasteiger partial charge in [0, 0.05) is 11.3 Å². The molecule has 0 bridgehead atoms. The number of carbonyl (C=O) groups is 1. The SMILES string of the molecule is CSC1(CNC(=O)C(N)C(C)(C)C)CCCCC1. The zero-order chi connectivity index (χ0) is 13.8. The predicted molar refractivity (Wildman–Crippen MR) is 79.8 cm³/mol. The van der Waals surface area contributed by atoms with Crippen LogP contribution in [0.2, 0.25) is 0 Å². The van der Waals surface area contributed by atoms with Crippen molar-refractivity contribution in [1.82, 2.24) is 5.32 Å². The van der Waals surface area contributed by atoms with Gasteiger partial charge < -0.3 is 11.1 Å². The summed E-state index contributed by atoms with van der Waals surface area (Å²) in [5, 5.41) is 3.07. The van der Waals surface area contributed by atoms with Crippen LogP contribution in [0.5, 0.6) is 0 Å². The van der Waals surface area contributed by atoms with Gasteiger partial charge in [-0.1, -0.05) is 40.0 Å². The minimum absolute atomic E-state index is 0.0125. The van der Waals surface area contributed by atoms with Gasteiger partial charge in [0.1, 0.15) is 0 Å². The fourth-order valence-corrected chi connectivity index (χ4v) is 3.31. The summed E-state index contributed by atoms with van der Waals surface area (Å²) in [6.45, 7) is 6.77. The first-order valence-electron chi connectivity index (χ1n) is 6.89. The third-order valence-electron chi connectivity index (χ3n) is 4.00. The number of hydrogen-bond donors (Lipinski definition) is 2. The van der Waals surface area contributed by atoms with Crippen LogP contribution in [0.15, 0.2) is 0 Å². The molecule has 3 nitrogen and oxygen atoms in total. The van der Waals surface area contributed by atoms with E-state index in [0.29, 0.717) is 0 Å². The van der Waals surface area contributed by atoms with Crippen molar-refractivity contribution < 1.29 is 4.79 Å². The smallest absolute Gasteiger partial charge is 0.237 e. The Morgan fingerprint density at radius 2 is 1.89 bits per heavy atom. The Hall–Kier alpha value is -0.220. The molecule has 0 saturated heterocycles. The first kappa shape index (κ1) is 15.8. The number of hydrogen-bond acceptors (Lipinski definition) is 3. The highest BCUT2D eigenvalue weighted by atomic mass is 32.2. The van der Waals surface area contributed by atoms with Crippen molar-refractivity contribution >= 4 is 17.7 Å². The maximum Gasteiger partial charge on any atom is 0.237 e. The minimum Gasteiger partial charge on any atom is -0.353 e. The van der Waals surface area contributed by atoms with E-state index in [1.165, 1.54) is 32.1 Å². The van der Waals surface area contributed by atoms with E-state index in [1.54, 1.807) is 0 Å². The lowest BCUT2D eigenvalue weighted by Crippen LogP contribution is -2.52. The van der Waals surface area contributed by atoms with Crippen molar-refractivity contribution in [1.29, 1.82) is 0 Å². The van der Waals surface area contributed by atoms with Crippen LogP contribution >= 0.6 is 11.8 Å². The third kappa shape index (κ3) is 4.16. The average molecular weight is 272 g/mol.